The molecule has 0 fully saturated rings. The van der Waals surface area contributed by atoms with Crippen molar-refractivity contribution in [1.29, 1.82) is 0 Å². The molecular formula is C42H27N7. The van der Waals surface area contributed by atoms with Crippen LogP contribution in [0.3, 0.4) is 0 Å². The van der Waals surface area contributed by atoms with E-state index in [1.54, 1.807) is 0 Å². The van der Waals surface area contributed by atoms with Gasteiger partial charge in [0, 0.05) is 33.2 Å². The van der Waals surface area contributed by atoms with Crippen molar-refractivity contribution in [2.24, 2.45) is 0 Å². The Balaban J connectivity index is 1.13. The summed E-state index contributed by atoms with van der Waals surface area (Å²) in [6.07, 6.45) is 0. The molecule has 0 bridgehead atoms. The molecule has 3 aromatic heterocycles. The molecule has 0 amide bonds. The van der Waals surface area contributed by atoms with Gasteiger partial charge in [0.1, 0.15) is 5.82 Å². The number of hydrogen-bond acceptors (Lipinski definition) is 6. The van der Waals surface area contributed by atoms with Gasteiger partial charge >= 0.3 is 0 Å². The van der Waals surface area contributed by atoms with E-state index in [0.717, 1.165) is 67.1 Å². The van der Waals surface area contributed by atoms with E-state index in [9.17, 15) is 0 Å². The van der Waals surface area contributed by atoms with E-state index in [1.165, 1.54) is 0 Å². The smallest absolute Gasteiger partial charge is 0.172 e. The summed E-state index contributed by atoms with van der Waals surface area (Å²) < 4.78 is 2.06. The highest BCUT2D eigenvalue weighted by atomic mass is 15.3. The molecular weight excluding hydrogens is 603 g/mol. The zero-order valence-electron chi connectivity index (χ0n) is 26.2. The second-order valence-electron chi connectivity index (χ2n) is 11.7. The van der Waals surface area contributed by atoms with E-state index >= 15 is 0 Å². The van der Waals surface area contributed by atoms with Gasteiger partial charge in [0.15, 0.2) is 28.9 Å². The first-order valence-corrected chi connectivity index (χ1v) is 16.1. The number of para-hydroxylation sites is 1. The maximum Gasteiger partial charge on any atom is 0.172 e. The van der Waals surface area contributed by atoms with E-state index in [-0.39, 0.29) is 0 Å². The molecule has 49 heavy (non-hydrogen) atoms. The highest BCUT2D eigenvalue weighted by molar-refractivity contribution is 5.94. The lowest BCUT2D eigenvalue weighted by molar-refractivity contribution is 1.07. The third-order valence-corrected chi connectivity index (χ3v) is 8.57. The molecule has 0 spiro atoms. The van der Waals surface area contributed by atoms with E-state index in [0.29, 0.717) is 17.5 Å². The first-order valence-electron chi connectivity index (χ1n) is 16.1. The predicted molar refractivity (Wildman–Crippen MR) is 194 cm³/mol. The van der Waals surface area contributed by atoms with Crippen LogP contribution < -0.4 is 0 Å². The van der Waals surface area contributed by atoms with Crippen LogP contribution in [0.15, 0.2) is 164 Å². The molecule has 0 saturated carbocycles. The fraction of sp³-hybridized carbons (Fsp3) is 0. The summed E-state index contributed by atoms with van der Waals surface area (Å²) in [6, 6.07) is 55.0. The van der Waals surface area contributed by atoms with Crippen molar-refractivity contribution in [3.05, 3.63) is 164 Å². The van der Waals surface area contributed by atoms with Gasteiger partial charge in [-0.25, -0.2) is 19.9 Å². The summed E-state index contributed by atoms with van der Waals surface area (Å²) in [6.45, 7) is 0. The minimum absolute atomic E-state index is 0.622. The van der Waals surface area contributed by atoms with E-state index in [2.05, 4.69) is 63.1 Å². The van der Waals surface area contributed by atoms with Gasteiger partial charge < -0.3 is 0 Å². The van der Waals surface area contributed by atoms with Crippen LogP contribution in [0.1, 0.15) is 0 Å². The Labute approximate surface area is 282 Å². The lowest BCUT2D eigenvalue weighted by Gasteiger charge is -2.12. The third kappa shape index (κ3) is 5.29. The number of fused-ring (bicyclic) bond motifs is 3. The summed E-state index contributed by atoms with van der Waals surface area (Å²) in [5.74, 6) is 3.43. The van der Waals surface area contributed by atoms with Crippen molar-refractivity contribution in [1.82, 2.24) is 34.5 Å². The molecule has 9 rings (SSSR count). The van der Waals surface area contributed by atoms with Crippen LogP contribution in [0.4, 0.5) is 0 Å². The molecule has 0 saturated heterocycles. The van der Waals surface area contributed by atoms with Gasteiger partial charge in [0.25, 0.3) is 0 Å². The largest absolute Gasteiger partial charge is 0.258 e. The van der Waals surface area contributed by atoms with Gasteiger partial charge in [0.2, 0.25) is 0 Å². The Morgan fingerprint density at radius 3 is 1.45 bits per heavy atom. The highest BCUT2D eigenvalue weighted by Crippen LogP contribution is 2.32. The molecule has 0 aliphatic rings. The van der Waals surface area contributed by atoms with Crippen molar-refractivity contribution in [3.8, 4) is 68.1 Å². The number of hydrogen-bond donors (Lipinski definition) is 0. The molecule has 9 aromatic rings. The summed E-state index contributed by atoms with van der Waals surface area (Å²) in [5.41, 5.74) is 8.50. The van der Waals surface area contributed by atoms with Gasteiger partial charge in [-0.1, -0.05) is 146 Å². The molecule has 6 aromatic carbocycles. The first-order chi connectivity index (χ1) is 24.3. The van der Waals surface area contributed by atoms with Gasteiger partial charge in [-0.2, -0.15) is 0 Å². The number of rotatable bonds is 6. The maximum atomic E-state index is 5.15. The normalized spacial score (nSPS) is 11.3. The SMILES string of the molecule is c1ccc(-c2nc(-c3ccccc3)nc(-c3ccc(-c4cccc(-c5nc6ccccc6c6nnc(-c7ccccc7)n56)c4)cc3)n2)cc1. The van der Waals surface area contributed by atoms with Crippen molar-refractivity contribution >= 4 is 16.6 Å². The van der Waals surface area contributed by atoms with Crippen LogP contribution in [0.2, 0.25) is 0 Å². The first kappa shape index (κ1) is 28.4. The Hall–Kier alpha value is -6.86. The predicted octanol–water partition coefficient (Wildman–Crippen LogP) is 9.46. The molecule has 3 heterocycles. The summed E-state index contributed by atoms with van der Waals surface area (Å²) >= 11 is 0. The monoisotopic (exact) mass is 629 g/mol. The Kier molecular flexibility index (Phi) is 6.98. The number of aromatic nitrogens is 7. The van der Waals surface area contributed by atoms with Crippen LogP contribution in [-0.2, 0) is 0 Å². The summed E-state index contributed by atoms with van der Waals surface area (Å²) in [7, 11) is 0. The molecule has 0 radical (unpaired) electrons. The lowest BCUT2D eigenvalue weighted by atomic mass is 10.0. The average Bonchev–Trinajstić information content (AvgIpc) is 3.64. The molecule has 0 aliphatic carbocycles. The zero-order valence-corrected chi connectivity index (χ0v) is 26.2. The highest BCUT2D eigenvalue weighted by Gasteiger charge is 2.18. The van der Waals surface area contributed by atoms with Gasteiger partial charge in [-0.3, -0.25) is 4.40 Å². The van der Waals surface area contributed by atoms with Crippen LogP contribution in [-0.4, -0.2) is 34.5 Å². The zero-order chi connectivity index (χ0) is 32.6. The van der Waals surface area contributed by atoms with Crippen molar-refractivity contribution in [3.63, 3.8) is 0 Å². The number of nitrogens with zero attached hydrogens (tertiary/aromatic N) is 7. The minimum Gasteiger partial charge on any atom is -0.258 e. The van der Waals surface area contributed by atoms with Gasteiger partial charge in [-0.05, 0) is 29.3 Å². The van der Waals surface area contributed by atoms with E-state index in [4.69, 9.17) is 19.9 Å². The van der Waals surface area contributed by atoms with Crippen molar-refractivity contribution in [2.45, 2.75) is 0 Å². The molecule has 7 heteroatoms. The Morgan fingerprint density at radius 1 is 0.327 bits per heavy atom. The molecule has 0 aliphatic heterocycles. The Bertz CT molecular complexity index is 2520. The molecule has 7 nitrogen and oxygen atoms in total. The van der Waals surface area contributed by atoms with Crippen LogP contribution in [0, 0.1) is 0 Å². The lowest BCUT2D eigenvalue weighted by Crippen LogP contribution is -2.00. The molecule has 0 atom stereocenters. The van der Waals surface area contributed by atoms with Gasteiger partial charge in [0.05, 0.1) is 5.52 Å². The fourth-order valence-corrected chi connectivity index (χ4v) is 6.14. The van der Waals surface area contributed by atoms with E-state index < -0.39 is 0 Å². The van der Waals surface area contributed by atoms with E-state index in [1.807, 2.05) is 115 Å². The third-order valence-electron chi connectivity index (χ3n) is 8.57. The minimum atomic E-state index is 0.622. The standard InChI is InChI=1S/C42H27N7/c1-4-13-29(14-5-1)37-44-38(30-15-6-2-7-16-30)46-39(45-37)31-25-23-28(24-26-31)33-19-12-20-34(27-33)40-43-36-22-11-10-21-35(36)42-48-47-41(49(40)42)32-17-8-3-9-18-32/h1-27H. The quantitative estimate of drug-likeness (QED) is 0.182. The second-order valence-corrected chi connectivity index (χ2v) is 11.7. The van der Waals surface area contributed by atoms with Crippen molar-refractivity contribution in [2.75, 3.05) is 0 Å². The van der Waals surface area contributed by atoms with Crippen molar-refractivity contribution < 1.29 is 0 Å². The topological polar surface area (TPSA) is 81.8 Å². The maximum absolute atomic E-state index is 5.15. The molecule has 0 N–H and O–H groups in total. The van der Waals surface area contributed by atoms with Crippen LogP contribution >= 0.6 is 0 Å². The van der Waals surface area contributed by atoms with Gasteiger partial charge in [-0.15, -0.1) is 10.2 Å². The average molecular weight is 630 g/mol. The second kappa shape index (κ2) is 12.1. The number of benzene rings is 6. The fourth-order valence-electron chi connectivity index (χ4n) is 6.14. The summed E-state index contributed by atoms with van der Waals surface area (Å²) in [4.78, 5) is 19.8. The van der Waals surface area contributed by atoms with Crippen LogP contribution in [0.25, 0.3) is 84.6 Å². The van der Waals surface area contributed by atoms with Crippen LogP contribution in [0.5, 0.6) is 0 Å². The summed E-state index contributed by atoms with van der Waals surface area (Å²) in [5, 5.41) is 10.2. The molecule has 0 unspecified atom stereocenters. The Morgan fingerprint density at radius 2 is 0.816 bits per heavy atom. The molecule has 230 valence electrons.